The van der Waals surface area contributed by atoms with E-state index in [4.69, 9.17) is 18.0 Å². The van der Waals surface area contributed by atoms with E-state index in [1.54, 1.807) is 31.3 Å². The molecule has 1 atom stereocenters. The van der Waals surface area contributed by atoms with Crippen molar-refractivity contribution in [1.29, 1.82) is 0 Å². The quantitative estimate of drug-likeness (QED) is 0.740. The molecule has 0 aromatic carbocycles. The van der Waals surface area contributed by atoms with Gasteiger partial charge in [0, 0.05) is 6.20 Å². The Labute approximate surface area is 106 Å². The van der Waals surface area contributed by atoms with Crippen LogP contribution in [0.3, 0.4) is 0 Å². The number of rotatable bonds is 6. The van der Waals surface area contributed by atoms with Gasteiger partial charge in [-0.05, 0) is 18.6 Å². The summed E-state index contributed by atoms with van der Waals surface area (Å²) in [5.74, 6) is 0. The fourth-order valence-corrected chi connectivity index (χ4v) is 3.19. The lowest BCUT2D eigenvalue weighted by Gasteiger charge is -2.14. The topological polar surface area (TPSA) is 85.1 Å². The Balaban J connectivity index is 2.71. The van der Waals surface area contributed by atoms with E-state index in [0.717, 1.165) is 0 Å². The summed E-state index contributed by atoms with van der Waals surface area (Å²) in [5, 5.41) is -0.832. The molecule has 0 bridgehead atoms. The number of thiocarbonyl (C=S) groups is 1. The highest BCUT2D eigenvalue weighted by atomic mass is 32.2. The number of aromatic nitrogens is 1. The van der Waals surface area contributed by atoms with Crippen LogP contribution in [-0.2, 0) is 16.6 Å². The maximum absolute atomic E-state index is 11.9. The van der Waals surface area contributed by atoms with Crippen molar-refractivity contribution in [3.8, 4) is 0 Å². The third-order valence-electron chi connectivity index (χ3n) is 2.24. The Hall–Kier alpha value is -1.05. The van der Waals surface area contributed by atoms with Gasteiger partial charge in [-0.3, -0.25) is 4.98 Å². The smallest absolute Gasteiger partial charge is 0.221 e. The van der Waals surface area contributed by atoms with Crippen molar-refractivity contribution in [3.63, 3.8) is 0 Å². The fourth-order valence-electron chi connectivity index (χ4n) is 1.35. The zero-order chi connectivity index (χ0) is 12.9. The Morgan fingerprint density at radius 3 is 2.76 bits per heavy atom. The minimum absolute atomic E-state index is 0.0129. The van der Waals surface area contributed by atoms with Crippen LogP contribution in [0.25, 0.3) is 0 Å². The summed E-state index contributed by atoms with van der Waals surface area (Å²) in [4.78, 5) is 4.01. The summed E-state index contributed by atoms with van der Waals surface area (Å²) in [5.41, 5.74) is 6.05. The van der Waals surface area contributed by atoms with Crippen molar-refractivity contribution < 1.29 is 8.42 Å². The van der Waals surface area contributed by atoms with Crippen LogP contribution < -0.4 is 10.5 Å². The molecule has 0 radical (unpaired) electrons. The molecule has 0 spiro atoms. The van der Waals surface area contributed by atoms with Gasteiger partial charge in [-0.2, -0.15) is 0 Å². The lowest BCUT2D eigenvalue weighted by Crippen LogP contribution is -2.41. The van der Waals surface area contributed by atoms with E-state index < -0.39 is 15.3 Å². The van der Waals surface area contributed by atoms with E-state index in [2.05, 4.69) is 9.71 Å². The number of nitrogens with two attached hydrogens (primary N) is 1. The Kier molecular flexibility index (Phi) is 4.98. The van der Waals surface area contributed by atoms with Crippen LogP contribution in [0.1, 0.15) is 19.0 Å². The number of pyridine rings is 1. The largest absolute Gasteiger partial charge is 0.392 e. The molecule has 3 N–H and O–H groups in total. The molecule has 17 heavy (non-hydrogen) atoms. The van der Waals surface area contributed by atoms with Crippen molar-refractivity contribution in [2.45, 2.75) is 25.1 Å². The molecule has 5 nitrogen and oxygen atoms in total. The van der Waals surface area contributed by atoms with E-state index in [0.29, 0.717) is 12.1 Å². The molecule has 94 valence electrons. The first kappa shape index (κ1) is 14.0. The van der Waals surface area contributed by atoms with Crippen LogP contribution >= 0.6 is 12.2 Å². The summed E-state index contributed by atoms with van der Waals surface area (Å²) in [7, 11) is -3.53. The average molecular weight is 273 g/mol. The summed E-state index contributed by atoms with van der Waals surface area (Å²) in [6.45, 7) is 1.87. The van der Waals surface area contributed by atoms with Gasteiger partial charge in [0.25, 0.3) is 0 Å². The monoisotopic (exact) mass is 273 g/mol. The number of hydrogen-bond acceptors (Lipinski definition) is 4. The molecule has 0 aliphatic rings. The molecular weight excluding hydrogens is 258 g/mol. The van der Waals surface area contributed by atoms with Crippen LogP contribution in [0.15, 0.2) is 24.4 Å². The van der Waals surface area contributed by atoms with E-state index in [9.17, 15) is 8.42 Å². The summed E-state index contributed by atoms with van der Waals surface area (Å²) < 4.78 is 26.2. The highest BCUT2D eigenvalue weighted by molar-refractivity contribution is 7.93. The van der Waals surface area contributed by atoms with Gasteiger partial charge in [0.1, 0.15) is 5.25 Å². The molecule has 1 rings (SSSR count). The second-order valence-corrected chi connectivity index (χ2v) is 5.91. The van der Waals surface area contributed by atoms with Crippen molar-refractivity contribution in [2.24, 2.45) is 5.73 Å². The molecule has 7 heteroatoms. The van der Waals surface area contributed by atoms with Crippen molar-refractivity contribution in [1.82, 2.24) is 9.71 Å². The predicted molar refractivity (Wildman–Crippen MR) is 70.9 cm³/mol. The van der Waals surface area contributed by atoms with Gasteiger partial charge < -0.3 is 5.73 Å². The minimum Gasteiger partial charge on any atom is -0.392 e. The second-order valence-electron chi connectivity index (χ2n) is 3.49. The summed E-state index contributed by atoms with van der Waals surface area (Å²) >= 11 is 4.74. The molecule has 1 heterocycles. The maximum Gasteiger partial charge on any atom is 0.221 e. The van der Waals surface area contributed by atoms with Crippen LogP contribution in [0.4, 0.5) is 0 Å². The Morgan fingerprint density at radius 2 is 2.29 bits per heavy atom. The van der Waals surface area contributed by atoms with Gasteiger partial charge in [0.15, 0.2) is 0 Å². The zero-order valence-corrected chi connectivity index (χ0v) is 11.1. The first-order valence-corrected chi connectivity index (χ1v) is 7.10. The van der Waals surface area contributed by atoms with Gasteiger partial charge in [0.05, 0.1) is 17.2 Å². The Morgan fingerprint density at radius 1 is 1.59 bits per heavy atom. The van der Waals surface area contributed by atoms with Gasteiger partial charge in [-0.25, -0.2) is 13.1 Å². The first-order chi connectivity index (χ1) is 7.97. The van der Waals surface area contributed by atoms with Gasteiger partial charge in [-0.15, -0.1) is 0 Å². The molecule has 1 unspecified atom stereocenters. The molecule has 1 aromatic heterocycles. The van der Waals surface area contributed by atoms with Crippen molar-refractivity contribution >= 4 is 27.2 Å². The molecule has 0 saturated heterocycles. The van der Waals surface area contributed by atoms with Crippen LogP contribution in [0.2, 0.25) is 0 Å². The van der Waals surface area contributed by atoms with Crippen LogP contribution in [0, 0.1) is 0 Å². The van der Waals surface area contributed by atoms with Gasteiger partial charge in [0.2, 0.25) is 10.0 Å². The van der Waals surface area contributed by atoms with Crippen molar-refractivity contribution in [3.05, 3.63) is 30.1 Å². The number of nitrogens with one attached hydrogen (secondary N) is 1. The third kappa shape index (κ3) is 4.03. The normalized spacial score (nSPS) is 13.2. The molecule has 0 amide bonds. The number of hydrogen-bond donors (Lipinski definition) is 2. The minimum atomic E-state index is -3.53. The number of nitrogens with zero attached hydrogens (tertiary/aromatic N) is 1. The van der Waals surface area contributed by atoms with E-state index in [-0.39, 0.29) is 11.5 Å². The summed E-state index contributed by atoms with van der Waals surface area (Å²) in [6.07, 6.45) is 1.96. The standard InChI is InChI=1S/C10H15N3O2S2/c1-2-9(10(11)16)17(14,15)13-7-8-5-3-4-6-12-8/h3-6,9,13H,2,7H2,1H3,(H2,11,16). The lowest BCUT2D eigenvalue weighted by atomic mass is 10.3. The van der Waals surface area contributed by atoms with E-state index in [1.807, 2.05) is 0 Å². The van der Waals surface area contributed by atoms with Crippen LogP contribution in [-0.4, -0.2) is 23.6 Å². The van der Waals surface area contributed by atoms with Crippen LogP contribution in [0.5, 0.6) is 0 Å². The second kappa shape index (κ2) is 6.04. The van der Waals surface area contributed by atoms with Crippen molar-refractivity contribution in [2.75, 3.05) is 0 Å². The number of sulfonamides is 1. The highest BCUT2D eigenvalue weighted by Crippen LogP contribution is 2.05. The fraction of sp³-hybridized carbons (Fsp3) is 0.400. The Bertz CT molecular complexity index is 474. The molecular formula is C10H15N3O2S2. The zero-order valence-electron chi connectivity index (χ0n) is 9.46. The summed E-state index contributed by atoms with van der Waals surface area (Å²) in [6, 6.07) is 5.30. The molecule has 1 aromatic rings. The highest BCUT2D eigenvalue weighted by Gasteiger charge is 2.25. The molecule has 0 fully saturated rings. The maximum atomic E-state index is 11.9. The third-order valence-corrected chi connectivity index (χ3v) is 4.56. The molecule has 0 saturated carbocycles. The molecule has 0 aliphatic carbocycles. The SMILES string of the molecule is CCC(C(N)=S)S(=O)(=O)NCc1ccccn1. The van der Waals surface area contributed by atoms with E-state index in [1.165, 1.54) is 0 Å². The van der Waals surface area contributed by atoms with E-state index >= 15 is 0 Å². The lowest BCUT2D eigenvalue weighted by molar-refractivity contribution is 0.573. The van der Waals surface area contributed by atoms with Gasteiger partial charge in [-0.1, -0.05) is 25.2 Å². The molecule has 0 aliphatic heterocycles. The predicted octanol–water partition coefficient (Wildman–Crippen LogP) is 0.566. The van der Waals surface area contributed by atoms with Gasteiger partial charge >= 0.3 is 0 Å². The first-order valence-electron chi connectivity index (χ1n) is 5.15. The average Bonchev–Trinajstić information content (AvgIpc) is 2.28.